The molecule has 0 radical (unpaired) electrons. The number of benzene rings is 1. The maximum absolute atomic E-state index is 12.0. The van der Waals surface area contributed by atoms with E-state index >= 15 is 0 Å². The number of nitrogens with zero attached hydrogens (tertiary/aromatic N) is 1. The minimum atomic E-state index is -0.631. The minimum absolute atomic E-state index is 0.110. The lowest BCUT2D eigenvalue weighted by Crippen LogP contribution is -2.36. The van der Waals surface area contributed by atoms with E-state index in [0.29, 0.717) is 13.2 Å². The molecule has 5 heteroatoms. The predicted molar refractivity (Wildman–Crippen MR) is 85.4 cm³/mol. The molecule has 0 spiro atoms. The molecule has 0 aliphatic rings. The molecule has 0 aromatic heterocycles. The van der Waals surface area contributed by atoms with E-state index in [4.69, 9.17) is 14.3 Å². The quantitative estimate of drug-likeness (QED) is 0.421. The molecule has 0 N–H and O–H groups in total. The summed E-state index contributed by atoms with van der Waals surface area (Å²) in [5.74, 6) is 0.715. The van der Waals surface area contributed by atoms with Crippen LogP contribution in [0.5, 0.6) is 5.75 Å². The number of hydrogen-bond acceptors (Lipinski definition) is 4. The highest BCUT2D eigenvalue weighted by molar-refractivity contribution is 5.82. The van der Waals surface area contributed by atoms with Crippen LogP contribution in [0, 0.1) is 5.41 Å². The summed E-state index contributed by atoms with van der Waals surface area (Å²) in [6.07, 6.45) is 3.68. The normalized spacial score (nSPS) is 11.7. The Morgan fingerprint density at radius 3 is 2.41 bits per heavy atom. The molecule has 1 aromatic rings. The van der Waals surface area contributed by atoms with Crippen molar-refractivity contribution in [3.8, 4) is 5.75 Å². The van der Waals surface area contributed by atoms with Crippen molar-refractivity contribution >= 4 is 5.91 Å². The van der Waals surface area contributed by atoms with Crippen LogP contribution in [0.3, 0.4) is 0 Å². The maximum Gasteiger partial charge on any atom is 0.255 e. The third-order valence-electron chi connectivity index (χ3n) is 3.29. The molecule has 0 saturated carbocycles. The molecule has 0 heterocycles. The van der Waals surface area contributed by atoms with Gasteiger partial charge in [-0.25, -0.2) is 5.06 Å². The number of methoxy groups -OCH3 is 1. The van der Waals surface area contributed by atoms with E-state index in [-0.39, 0.29) is 5.91 Å². The number of amides is 1. The van der Waals surface area contributed by atoms with E-state index in [9.17, 15) is 4.79 Å². The first kappa shape index (κ1) is 18.2. The van der Waals surface area contributed by atoms with Gasteiger partial charge >= 0.3 is 0 Å². The lowest BCUT2D eigenvalue weighted by Gasteiger charge is -2.24. The molecule has 1 amide bonds. The van der Waals surface area contributed by atoms with Crippen molar-refractivity contribution in [2.45, 2.75) is 20.5 Å². The van der Waals surface area contributed by atoms with E-state index < -0.39 is 5.41 Å². The first-order valence-corrected chi connectivity index (χ1v) is 7.11. The van der Waals surface area contributed by atoms with Gasteiger partial charge in [0.25, 0.3) is 5.91 Å². The summed E-state index contributed by atoms with van der Waals surface area (Å²) in [5.41, 5.74) is 0.442. The number of carbonyl (C=O) groups is 1. The van der Waals surface area contributed by atoms with E-state index in [1.165, 1.54) is 12.2 Å². The van der Waals surface area contributed by atoms with Crippen LogP contribution in [0.4, 0.5) is 0 Å². The van der Waals surface area contributed by atoms with Crippen LogP contribution in [-0.2, 0) is 21.0 Å². The highest BCUT2D eigenvalue weighted by Gasteiger charge is 2.27. The van der Waals surface area contributed by atoms with Crippen molar-refractivity contribution in [1.82, 2.24) is 5.06 Å². The van der Waals surface area contributed by atoms with E-state index in [0.717, 1.165) is 11.3 Å². The Bertz CT molecular complexity index is 494. The molecule has 122 valence electrons. The fourth-order valence-electron chi connectivity index (χ4n) is 1.87. The molecule has 0 unspecified atom stereocenters. The summed E-state index contributed by atoms with van der Waals surface area (Å²) < 4.78 is 10.7. The van der Waals surface area contributed by atoms with Crippen molar-refractivity contribution in [2.24, 2.45) is 5.41 Å². The molecule has 0 bridgehead atoms. The number of hydrogen-bond donors (Lipinski definition) is 0. The summed E-state index contributed by atoms with van der Waals surface area (Å²) in [5, 5.41) is 1.22. The smallest absolute Gasteiger partial charge is 0.255 e. The Morgan fingerprint density at radius 1 is 1.23 bits per heavy atom. The third kappa shape index (κ3) is 5.50. The van der Waals surface area contributed by atoms with E-state index in [2.05, 4.69) is 0 Å². The topological polar surface area (TPSA) is 48.0 Å². The number of rotatable bonds is 8. The third-order valence-corrected chi connectivity index (χ3v) is 3.29. The Morgan fingerprint density at radius 2 is 1.86 bits per heavy atom. The fraction of sp³-hybridized carbons (Fsp3) is 0.471. The van der Waals surface area contributed by atoms with Crippen molar-refractivity contribution < 1.29 is 19.1 Å². The molecule has 5 nitrogen and oxygen atoms in total. The van der Waals surface area contributed by atoms with Gasteiger partial charge in [0.2, 0.25) is 0 Å². The van der Waals surface area contributed by atoms with Crippen LogP contribution >= 0.6 is 0 Å². The zero-order valence-corrected chi connectivity index (χ0v) is 14.0. The lowest BCUT2D eigenvalue weighted by molar-refractivity contribution is -0.176. The molecule has 0 atom stereocenters. The van der Waals surface area contributed by atoms with Gasteiger partial charge in [0.15, 0.2) is 0 Å². The highest BCUT2D eigenvalue weighted by atomic mass is 16.7. The van der Waals surface area contributed by atoms with Gasteiger partial charge in [-0.15, -0.1) is 0 Å². The molecule has 1 rings (SSSR count). The van der Waals surface area contributed by atoms with Gasteiger partial charge in [0.1, 0.15) is 5.75 Å². The van der Waals surface area contributed by atoms with Gasteiger partial charge in [-0.1, -0.05) is 24.3 Å². The van der Waals surface area contributed by atoms with Gasteiger partial charge in [0, 0.05) is 7.05 Å². The lowest BCUT2D eigenvalue weighted by atomic mass is 9.92. The Balaban J connectivity index is 2.40. The van der Waals surface area contributed by atoms with Gasteiger partial charge in [-0.3, -0.25) is 9.63 Å². The SMILES string of the molecule is COc1ccc(COC/C=C/C(C)(C)C(=O)N(C)OC)cc1. The van der Waals surface area contributed by atoms with Crippen LogP contribution in [0.1, 0.15) is 19.4 Å². The summed E-state index contributed by atoms with van der Waals surface area (Å²) in [6.45, 7) is 4.63. The first-order valence-electron chi connectivity index (χ1n) is 7.11. The van der Waals surface area contributed by atoms with E-state index in [1.54, 1.807) is 14.2 Å². The Labute approximate surface area is 132 Å². The Kier molecular flexibility index (Phi) is 7.08. The minimum Gasteiger partial charge on any atom is -0.497 e. The molecule has 0 fully saturated rings. The standard InChI is InChI=1S/C17H25NO4/c1-17(2,16(19)18(3)21-5)11-6-12-22-13-14-7-9-15(20-4)10-8-14/h6-11H,12-13H2,1-5H3/b11-6+. The summed E-state index contributed by atoms with van der Waals surface area (Å²) in [6, 6.07) is 7.72. The van der Waals surface area contributed by atoms with Gasteiger partial charge in [-0.2, -0.15) is 0 Å². The fourth-order valence-corrected chi connectivity index (χ4v) is 1.87. The zero-order valence-electron chi connectivity index (χ0n) is 14.0. The second-order valence-electron chi connectivity index (χ2n) is 5.47. The summed E-state index contributed by atoms with van der Waals surface area (Å²) in [7, 11) is 4.70. The average Bonchev–Trinajstić information content (AvgIpc) is 2.53. The maximum atomic E-state index is 12.0. The van der Waals surface area contributed by atoms with E-state index in [1.807, 2.05) is 50.3 Å². The summed E-state index contributed by atoms with van der Waals surface area (Å²) in [4.78, 5) is 16.9. The first-order chi connectivity index (χ1) is 10.4. The molecule has 22 heavy (non-hydrogen) atoms. The molecule has 0 aliphatic carbocycles. The van der Waals surface area contributed by atoms with Crippen LogP contribution < -0.4 is 4.74 Å². The number of carbonyl (C=O) groups excluding carboxylic acids is 1. The second kappa shape index (κ2) is 8.56. The van der Waals surface area contributed by atoms with Crippen molar-refractivity contribution in [1.29, 1.82) is 0 Å². The van der Waals surface area contributed by atoms with Gasteiger partial charge in [0.05, 0.1) is 32.8 Å². The van der Waals surface area contributed by atoms with Crippen molar-refractivity contribution in [2.75, 3.05) is 27.9 Å². The molecular formula is C17H25NO4. The van der Waals surface area contributed by atoms with Crippen molar-refractivity contribution in [3.63, 3.8) is 0 Å². The Hall–Kier alpha value is -1.85. The number of hydroxylamine groups is 2. The molecule has 0 saturated heterocycles. The van der Waals surface area contributed by atoms with Crippen LogP contribution in [0.15, 0.2) is 36.4 Å². The second-order valence-corrected chi connectivity index (χ2v) is 5.47. The molecule has 1 aromatic carbocycles. The number of ether oxygens (including phenoxy) is 2. The van der Waals surface area contributed by atoms with Crippen molar-refractivity contribution in [3.05, 3.63) is 42.0 Å². The van der Waals surface area contributed by atoms with Crippen LogP contribution in [-0.4, -0.2) is 38.8 Å². The average molecular weight is 307 g/mol. The highest BCUT2D eigenvalue weighted by Crippen LogP contribution is 2.20. The zero-order chi connectivity index (χ0) is 16.6. The summed E-state index contributed by atoms with van der Waals surface area (Å²) >= 11 is 0. The molecule has 0 aliphatic heterocycles. The monoisotopic (exact) mass is 307 g/mol. The van der Waals surface area contributed by atoms with Crippen LogP contribution in [0.25, 0.3) is 0 Å². The predicted octanol–water partition coefficient (Wildman–Crippen LogP) is 2.81. The largest absolute Gasteiger partial charge is 0.497 e. The molecular weight excluding hydrogens is 282 g/mol. The van der Waals surface area contributed by atoms with Gasteiger partial charge in [-0.05, 0) is 31.5 Å². The van der Waals surface area contributed by atoms with Crippen LogP contribution in [0.2, 0.25) is 0 Å². The van der Waals surface area contributed by atoms with Gasteiger partial charge < -0.3 is 9.47 Å².